The van der Waals surface area contributed by atoms with Gasteiger partial charge in [0.15, 0.2) is 0 Å². The molecule has 2 N–H and O–H groups in total. The number of hydrogen-bond donors (Lipinski definition) is 1. The highest BCUT2D eigenvalue weighted by atomic mass is 16.5. The minimum absolute atomic E-state index is 0.206. The molecule has 94 valence electrons. The standard InChI is InChI=1S/C15H23NO/c1-9-5-14-13(7-12(4)16)10(2)6-11(3)15(14)17-8-9/h6,9,12H,5,7-8,16H2,1-4H3. The smallest absolute Gasteiger partial charge is 0.125 e. The predicted octanol–water partition coefficient (Wildman–Crippen LogP) is 2.76. The van der Waals surface area contributed by atoms with Gasteiger partial charge in [-0.1, -0.05) is 13.0 Å². The molecule has 17 heavy (non-hydrogen) atoms. The van der Waals surface area contributed by atoms with E-state index in [1.807, 2.05) is 0 Å². The molecule has 0 aromatic heterocycles. The summed E-state index contributed by atoms with van der Waals surface area (Å²) in [6.07, 6.45) is 2.07. The van der Waals surface area contributed by atoms with E-state index in [-0.39, 0.29) is 6.04 Å². The van der Waals surface area contributed by atoms with Gasteiger partial charge in [-0.3, -0.25) is 0 Å². The summed E-state index contributed by atoms with van der Waals surface area (Å²) in [5, 5.41) is 0. The van der Waals surface area contributed by atoms with Gasteiger partial charge < -0.3 is 10.5 Å². The first-order valence-electron chi connectivity index (χ1n) is 6.49. The van der Waals surface area contributed by atoms with Crippen LogP contribution >= 0.6 is 0 Å². The van der Waals surface area contributed by atoms with Gasteiger partial charge in [-0.05, 0) is 61.8 Å². The van der Waals surface area contributed by atoms with Gasteiger partial charge in [-0.25, -0.2) is 0 Å². The van der Waals surface area contributed by atoms with Gasteiger partial charge in [0.05, 0.1) is 6.61 Å². The third-order valence-electron chi connectivity index (χ3n) is 3.50. The van der Waals surface area contributed by atoms with E-state index in [1.165, 1.54) is 22.3 Å². The molecule has 0 fully saturated rings. The van der Waals surface area contributed by atoms with Crippen molar-refractivity contribution in [3.63, 3.8) is 0 Å². The quantitative estimate of drug-likeness (QED) is 0.852. The van der Waals surface area contributed by atoms with E-state index in [4.69, 9.17) is 10.5 Å². The predicted molar refractivity (Wildman–Crippen MR) is 71.6 cm³/mol. The highest BCUT2D eigenvalue weighted by Crippen LogP contribution is 2.35. The van der Waals surface area contributed by atoms with Crippen molar-refractivity contribution in [2.75, 3.05) is 6.61 Å². The summed E-state index contributed by atoms with van der Waals surface area (Å²) in [5.74, 6) is 1.72. The van der Waals surface area contributed by atoms with Crippen LogP contribution < -0.4 is 10.5 Å². The summed E-state index contributed by atoms with van der Waals surface area (Å²) in [6, 6.07) is 2.43. The van der Waals surface area contributed by atoms with Crippen LogP contribution in [0.1, 0.15) is 36.1 Å². The molecule has 2 atom stereocenters. The van der Waals surface area contributed by atoms with Crippen LogP contribution in [-0.4, -0.2) is 12.6 Å². The number of ether oxygens (including phenoxy) is 1. The Hall–Kier alpha value is -1.02. The first-order chi connectivity index (χ1) is 7.99. The monoisotopic (exact) mass is 233 g/mol. The summed E-state index contributed by atoms with van der Waals surface area (Å²) >= 11 is 0. The molecule has 0 amide bonds. The van der Waals surface area contributed by atoms with E-state index in [2.05, 4.69) is 33.8 Å². The second kappa shape index (κ2) is 4.69. The average Bonchev–Trinajstić information content (AvgIpc) is 2.23. The van der Waals surface area contributed by atoms with Gasteiger partial charge in [-0.2, -0.15) is 0 Å². The number of hydrogen-bond acceptors (Lipinski definition) is 2. The molecule has 1 aliphatic heterocycles. The molecule has 1 aromatic carbocycles. The highest BCUT2D eigenvalue weighted by Gasteiger charge is 2.22. The van der Waals surface area contributed by atoms with Crippen molar-refractivity contribution in [1.82, 2.24) is 0 Å². The molecule has 1 heterocycles. The number of aryl methyl sites for hydroxylation is 2. The second-order valence-corrected chi connectivity index (χ2v) is 5.60. The van der Waals surface area contributed by atoms with Crippen molar-refractivity contribution in [3.8, 4) is 5.75 Å². The summed E-state index contributed by atoms with van der Waals surface area (Å²) < 4.78 is 5.90. The molecule has 0 saturated carbocycles. The minimum atomic E-state index is 0.206. The van der Waals surface area contributed by atoms with Gasteiger partial charge in [0.1, 0.15) is 5.75 Å². The van der Waals surface area contributed by atoms with E-state index >= 15 is 0 Å². The average molecular weight is 233 g/mol. The van der Waals surface area contributed by atoms with E-state index < -0.39 is 0 Å². The SMILES string of the molecule is Cc1cc(C)c2c(c1CC(C)N)CC(C)CO2. The van der Waals surface area contributed by atoms with Crippen molar-refractivity contribution in [1.29, 1.82) is 0 Å². The summed E-state index contributed by atoms with van der Waals surface area (Å²) in [7, 11) is 0. The Morgan fingerprint density at radius 3 is 2.76 bits per heavy atom. The minimum Gasteiger partial charge on any atom is -0.493 e. The maximum atomic E-state index is 5.96. The molecule has 2 unspecified atom stereocenters. The van der Waals surface area contributed by atoms with E-state index in [1.54, 1.807) is 0 Å². The van der Waals surface area contributed by atoms with Crippen molar-refractivity contribution in [3.05, 3.63) is 28.3 Å². The zero-order valence-electron chi connectivity index (χ0n) is 11.3. The van der Waals surface area contributed by atoms with Crippen LogP contribution in [0.2, 0.25) is 0 Å². The maximum Gasteiger partial charge on any atom is 0.125 e. The summed E-state index contributed by atoms with van der Waals surface area (Å²) in [6.45, 7) is 9.48. The normalized spacial score (nSPS) is 20.6. The molecule has 0 spiro atoms. The van der Waals surface area contributed by atoms with Gasteiger partial charge in [0.2, 0.25) is 0 Å². The Kier molecular flexibility index (Phi) is 3.43. The summed E-state index contributed by atoms with van der Waals surface area (Å²) in [5.41, 5.74) is 11.4. The van der Waals surface area contributed by atoms with Crippen LogP contribution in [0.5, 0.6) is 5.75 Å². The third-order valence-corrected chi connectivity index (χ3v) is 3.50. The number of benzene rings is 1. The van der Waals surface area contributed by atoms with Crippen LogP contribution in [0.15, 0.2) is 6.07 Å². The van der Waals surface area contributed by atoms with Crippen LogP contribution in [0.4, 0.5) is 0 Å². The molecular weight excluding hydrogens is 210 g/mol. The Morgan fingerprint density at radius 1 is 1.41 bits per heavy atom. The molecule has 0 bridgehead atoms. The van der Waals surface area contributed by atoms with E-state index in [0.717, 1.165) is 25.2 Å². The lowest BCUT2D eigenvalue weighted by Gasteiger charge is -2.28. The first kappa shape index (κ1) is 12.4. The maximum absolute atomic E-state index is 5.96. The fraction of sp³-hybridized carbons (Fsp3) is 0.600. The molecule has 2 rings (SSSR count). The number of nitrogens with two attached hydrogens (primary N) is 1. The fourth-order valence-electron chi connectivity index (χ4n) is 2.75. The van der Waals surface area contributed by atoms with E-state index in [0.29, 0.717) is 5.92 Å². The summed E-state index contributed by atoms with van der Waals surface area (Å²) in [4.78, 5) is 0. The lowest BCUT2D eigenvalue weighted by Crippen LogP contribution is -2.24. The molecule has 0 saturated heterocycles. The van der Waals surface area contributed by atoms with Crippen molar-refractivity contribution < 1.29 is 4.74 Å². The lowest BCUT2D eigenvalue weighted by molar-refractivity contribution is 0.231. The van der Waals surface area contributed by atoms with Gasteiger partial charge >= 0.3 is 0 Å². The Bertz CT molecular complexity index is 423. The first-order valence-corrected chi connectivity index (χ1v) is 6.49. The molecule has 2 heteroatoms. The molecule has 1 aliphatic rings. The van der Waals surface area contributed by atoms with Gasteiger partial charge in [0.25, 0.3) is 0 Å². The second-order valence-electron chi connectivity index (χ2n) is 5.60. The van der Waals surface area contributed by atoms with Crippen molar-refractivity contribution in [2.24, 2.45) is 11.7 Å². The Labute approximate surface area is 104 Å². The van der Waals surface area contributed by atoms with Crippen LogP contribution in [0.25, 0.3) is 0 Å². The number of rotatable bonds is 2. The van der Waals surface area contributed by atoms with Crippen molar-refractivity contribution >= 4 is 0 Å². The molecule has 0 aliphatic carbocycles. The Morgan fingerprint density at radius 2 is 2.12 bits per heavy atom. The van der Waals surface area contributed by atoms with Crippen LogP contribution in [0, 0.1) is 19.8 Å². The molecule has 2 nitrogen and oxygen atoms in total. The molecular formula is C15H23NO. The zero-order valence-corrected chi connectivity index (χ0v) is 11.3. The lowest BCUT2D eigenvalue weighted by atomic mass is 9.87. The third kappa shape index (κ3) is 2.47. The fourth-order valence-corrected chi connectivity index (χ4v) is 2.75. The van der Waals surface area contributed by atoms with Crippen LogP contribution in [0.3, 0.4) is 0 Å². The Balaban J connectivity index is 2.50. The molecule has 1 aromatic rings. The van der Waals surface area contributed by atoms with Gasteiger partial charge in [0, 0.05) is 6.04 Å². The topological polar surface area (TPSA) is 35.2 Å². The van der Waals surface area contributed by atoms with Crippen LogP contribution in [-0.2, 0) is 12.8 Å². The van der Waals surface area contributed by atoms with E-state index in [9.17, 15) is 0 Å². The van der Waals surface area contributed by atoms with Gasteiger partial charge in [-0.15, -0.1) is 0 Å². The largest absolute Gasteiger partial charge is 0.493 e. The number of fused-ring (bicyclic) bond motifs is 1. The molecule has 0 radical (unpaired) electrons. The highest BCUT2D eigenvalue weighted by molar-refractivity contribution is 5.51. The zero-order chi connectivity index (χ0) is 12.6. The van der Waals surface area contributed by atoms with Crippen molar-refractivity contribution in [2.45, 2.75) is 46.6 Å².